The molecule has 0 radical (unpaired) electrons. The number of hydrogen-bond acceptors (Lipinski definition) is 8. The standard InChI is InChI=1S/C22H21NO8/c1-13-5-7-15(17(9-13)23(26)27)12-29-18-8-6-14(11-19(18)28-4)10-16-20(24)30-22(2,3)31-21(16)25/h5-11H,12H2,1-4H3. The van der Waals surface area contributed by atoms with E-state index in [0.29, 0.717) is 22.6 Å². The molecule has 0 aliphatic carbocycles. The number of nitrogens with zero attached hydrogens (tertiary/aromatic N) is 1. The van der Waals surface area contributed by atoms with Crippen LogP contribution in [0.5, 0.6) is 11.5 Å². The van der Waals surface area contributed by atoms with Crippen LogP contribution in [0.2, 0.25) is 0 Å². The van der Waals surface area contributed by atoms with Gasteiger partial charge in [0.15, 0.2) is 11.5 Å². The molecule has 1 aliphatic heterocycles. The number of aryl methyl sites for hydroxylation is 1. The average molecular weight is 427 g/mol. The monoisotopic (exact) mass is 427 g/mol. The quantitative estimate of drug-likeness (QED) is 0.225. The summed E-state index contributed by atoms with van der Waals surface area (Å²) in [6, 6.07) is 9.63. The van der Waals surface area contributed by atoms with E-state index in [1.807, 2.05) is 0 Å². The molecule has 2 aromatic carbocycles. The highest BCUT2D eigenvalue weighted by atomic mass is 16.7. The Morgan fingerprint density at radius 1 is 1.06 bits per heavy atom. The van der Waals surface area contributed by atoms with E-state index >= 15 is 0 Å². The molecule has 9 nitrogen and oxygen atoms in total. The molecule has 0 aromatic heterocycles. The molecule has 9 heteroatoms. The lowest BCUT2D eigenvalue weighted by Gasteiger charge is -2.29. The molecule has 162 valence electrons. The summed E-state index contributed by atoms with van der Waals surface area (Å²) in [5.41, 5.74) is 1.39. The molecule has 0 bridgehead atoms. The number of cyclic esters (lactones) is 2. The van der Waals surface area contributed by atoms with Crippen molar-refractivity contribution in [3.8, 4) is 11.5 Å². The van der Waals surface area contributed by atoms with Crippen LogP contribution in [0.1, 0.15) is 30.5 Å². The fourth-order valence-electron chi connectivity index (χ4n) is 2.96. The van der Waals surface area contributed by atoms with Crippen LogP contribution in [-0.2, 0) is 25.7 Å². The zero-order chi connectivity index (χ0) is 22.8. The minimum Gasteiger partial charge on any atom is -0.493 e. The highest BCUT2D eigenvalue weighted by Gasteiger charge is 2.38. The van der Waals surface area contributed by atoms with E-state index in [9.17, 15) is 19.7 Å². The van der Waals surface area contributed by atoms with Gasteiger partial charge in [-0.15, -0.1) is 0 Å². The number of nitro benzene ring substituents is 1. The van der Waals surface area contributed by atoms with Crippen LogP contribution in [0, 0.1) is 17.0 Å². The fourth-order valence-corrected chi connectivity index (χ4v) is 2.96. The van der Waals surface area contributed by atoms with Gasteiger partial charge in [-0.05, 0) is 42.3 Å². The summed E-state index contributed by atoms with van der Waals surface area (Å²) in [6.07, 6.45) is 1.33. The molecule has 0 N–H and O–H groups in total. The highest BCUT2D eigenvalue weighted by Crippen LogP contribution is 2.32. The molecular formula is C22H21NO8. The Labute approximate surface area is 178 Å². The predicted octanol–water partition coefficient (Wildman–Crippen LogP) is 3.71. The molecule has 0 spiro atoms. The number of benzene rings is 2. The van der Waals surface area contributed by atoms with Crippen molar-refractivity contribution >= 4 is 23.7 Å². The van der Waals surface area contributed by atoms with Gasteiger partial charge in [0.1, 0.15) is 12.2 Å². The summed E-state index contributed by atoms with van der Waals surface area (Å²) >= 11 is 0. The maximum absolute atomic E-state index is 12.1. The van der Waals surface area contributed by atoms with E-state index in [4.69, 9.17) is 18.9 Å². The Balaban J connectivity index is 1.82. The van der Waals surface area contributed by atoms with Gasteiger partial charge in [0.25, 0.3) is 11.5 Å². The SMILES string of the molecule is COc1cc(C=C2C(=O)OC(C)(C)OC2=O)ccc1OCc1ccc(C)cc1[N+](=O)[O-]. The van der Waals surface area contributed by atoms with Crippen molar-refractivity contribution in [2.24, 2.45) is 0 Å². The van der Waals surface area contributed by atoms with Crippen molar-refractivity contribution in [2.75, 3.05) is 7.11 Å². The summed E-state index contributed by atoms with van der Waals surface area (Å²) in [4.78, 5) is 35.1. The van der Waals surface area contributed by atoms with E-state index in [1.54, 1.807) is 37.3 Å². The number of methoxy groups -OCH3 is 1. The van der Waals surface area contributed by atoms with Crippen LogP contribution >= 0.6 is 0 Å². The Morgan fingerprint density at radius 3 is 2.35 bits per heavy atom. The Hall–Kier alpha value is -3.88. The molecule has 1 fully saturated rings. The lowest BCUT2D eigenvalue weighted by molar-refractivity contribution is -0.385. The van der Waals surface area contributed by atoms with Crippen molar-refractivity contribution in [3.05, 3.63) is 68.8 Å². The fraction of sp³-hybridized carbons (Fsp3) is 0.273. The second kappa shape index (κ2) is 8.47. The number of rotatable bonds is 6. The average Bonchev–Trinajstić information content (AvgIpc) is 2.69. The van der Waals surface area contributed by atoms with Gasteiger partial charge in [0.2, 0.25) is 0 Å². The molecule has 3 rings (SSSR count). The van der Waals surface area contributed by atoms with E-state index in [2.05, 4.69) is 0 Å². The molecule has 0 saturated carbocycles. The number of carbonyl (C=O) groups excluding carboxylic acids is 2. The van der Waals surface area contributed by atoms with Gasteiger partial charge in [-0.25, -0.2) is 9.59 Å². The zero-order valence-corrected chi connectivity index (χ0v) is 17.5. The van der Waals surface area contributed by atoms with Crippen LogP contribution in [0.25, 0.3) is 6.08 Å². The minimum absolute atomic E-state index is 0.0300. The second-order valence-electron chi connectivity index (χ2n) is 7.33. The van der Waals surface area contributed by atoms with Crippen LogP contribution < -0.4 is 9.47 Å². The predicted molar refractivity (Wildman–Crippen MR) is 109 cm³/mol. The molecule has 31 heavy (non-hydrogen) atoms. The third-order valence-electron chi connectivity index (χ3n) is 4.44. The first-order valence-electron chi connectivity index (χ1n) is 9.33. The minimum atomic E-state index is -1.32. The largest absolute Gasteiger partial charge is 0.493 e. The topological polar surface area (TPSA) is 114 Å². The first-order chi connectivity index (χ1) is 14.6. The third-order valence-corrected chi connectivity index (χ3v) is 4.44. The third kappa shape index (κ3) is 5.00. The number of esters is 2. The van der Waals surface area contributed by atoms with Crippen molar-refractivity contribution < 1.29 is 33.5 Å². The van der Waals surface area contributed by atoms with E-state index in [-0.39, 0.29) is 17.9 Å². The highest BCUT2D eigenvalue weighted by molar-refractivity contribution is 6.18. The molecule has 1 heterocycles. The molecule has 0 atom stereocenters. The van der Waals surface area contributed by atoms with Crippen LogP contribution in [-0.4, -0.2) is 29.8 Å². The number of ether oxygens (including phenoxy) is 4. The maximum Gasteiger partial charge on any atom is 0.348 e. The summed E-state index contributed by atoms with van der Waals surface area (Å²) in [7, 11) is 1.43. The molecule has 1 aliphatic rings. The van der Waals surface area contributed by atoms with Gasteiger partial charge >= 0.3 is 11.9 Å². The van der Waals surface area contributed by atoms with Crippen LogP contribution in [0.3, 0.4) is 0 Å². The van der Waals surface area contributed by atoms with Gasteiger partial charge in [0, 0.05) is 19.9 Å². The van der Waals surface area contributed by atoms with E-state index in [1.165, 1.54) is 33.1 Å². The van der Waals surface area contributed by atoms with Gasteiger partial charge in [-0.3, -0.25) is 10.1 Å². The lowest BCUT2D eigenvalue weighted by atomic mass is 10.1. The Kier molecular flexibility index (Phi) is 5.96. The summed E-state index contributed by atoms with van der Waals surface area (Å²) in [5.74, 6) is -2.23. The van der Waals surface area contributed by atoms with Crippen molar-refractivity contribution in [1.82, 2.24) is 0 Å². The first kappa shape index (κ1) is 21.8. The van der Waals surface area contributed by atoms with Gasteiger partial charge in [-0.1, -0.05) is 12.1 Å². The zero-order valence-electron chi connectivity index (χ0n) is 17.5. The Bertz CT molecular complexity index is 1060. The molecule has 0 amide bonds. The van der Waals surface area contributed by atoms with Gasteiger partial charge < -0.3 is 18.9 Å². The van der Waals surface area contributed by atoms with Gasteiger partial charge in [0.05, 0.1) is 17.6 Å². The normalized spacial score (nSPS) is 15.0. The van der Waals surface area contributed by atoms with Crippen molar-refractivity contribution in [3.63, 3.8) is 0 Å². The molecule has 1 saturated heterocycles. The van der Waals surface area contributed by atoms with Crippen LogP contribution in [0.15, 0.2) is 42.0 Å². The van der Waals surface area contributed by atoms with Crippen molar-refractivity contribution in [1.29, 1.82) is 0 Å². The number of carbonyl (C=O) groups is 2. The maximum atomic E-state index is 12.1. The van der Waals surface area contributed by atoms with E-state index in [0.717, 1.165) is 5.56 Å². The number of hydrogen-bond donors (Lipinski definition) is 0. The molecular weight excluding hydrogens is 406 g/mol. The van der Waals surface area contributed by atoms with E-state index < -0.39 is 22.6 Å². The molecule has 2 aromatic rings. The first-order valence-corrected chi connectivity index (χ1v) is 9.33. The Morgan fingerprint density at radius 2 is 1.74 bits per heavy atom. The summed E-state index contributed by atoms with van der Waals surface area (Å²) in [6.45, 7) is 4.66. The van der Waals surface area contributed by atoms with Crippen LogP contribution in [0.4, 0.5) is 5.69 Å². The van der Waals surface area contributed by atoms with Crippen molar-refractivity contribution in [2.45, 2.75) is 33.2 Å². The molecule has 0 unspecified atom stereocenters. The second-order valence-corrected chi connectivity index (χ2v) is 7.33. The lowest BCUT2D eigenvalue weighted by Crippen LogP contribution is -2.41. The smallest absolute Gasteiger partial charge is 0.348 e. The number of nitro groups is 1. The summed E-state index contributed by atoms with van der Waals surface area (Å²) in [5, 5.41) is 11.3. The van der Waals surface area contributed by atoms with Gasteiger partial charge in [-0.2, -0.15) is 0 Å². The summed E-state index contributed by atoms with van der Waals surface area (Å²) < 4.78 is 21.2.